The van der Waals surface area contributed by atoms with Crippen LogP contribution in [0.15, 0.2) is 30.2 Å². The van der Waals surface area contributed by atoms with Crippen LogP contribution in [-0.2, 0) is 9.31 Å². The summed E-state index contributed by atoms with van der Waals surface area (Å²) >= 11 is 0. The van der Waals surface area contributed by atoms with E-state index in [4.69, 9.17) is 9.31 Å². The number of benzene rings is 1. The maximum Gasteiger partial charge on any atom is 0.487 e. The molecule has 0 radical (unpaired) electrons. The third-order valence-electron chi connectivity index (χ3n) is 4.49. The number of hydrogen-bond donors (Lipinski definition) is 0. The summed E-state index contributed by atoms with van der Waals surface area (Å²) in [6.07, 6.45) is 2.08. The van der Waals surface area contributed by atoms with E-state index < -0.39 is 8.07 Å². The van der Waals surface area contributed by atoms with Gasteiger partial charge in [-0.25, -0.2) is 0 Å². The predicted molar refractivity (Wildman–Crippen MR) is 94.5 cm³/mol. The van der Waals surface area contributed by atoms with Crippen molar-refractivity contribution in [1.82, 2.24) is 0 Å². The van der Waals surface area contributed by atoms with Crippen molar-refractivity contribution in [1.29, 1.82) is 0 Å². The lowest BCUT2D eigenvalue weighted by atomic mass is 9.89. The lowest BCUT2D eigenvalue weighted by Gasteiger charge is -2.32. The molecule has 1 aliphatic heterocycles. The summed E-state index contributed by atoms with van der Waals surface area (Å²) in [5.41, 5.74) is 0.639. The molecule has 2 nitrogen and oxygen atoms in total. The molecule has 0 atom stereocenters. The largest absolute Gasteiger partial charge is 0.487 e. The van der Waals surface area contributed by atoms with Gasteiger partial charge in [-0.2, -0.15) is 0 Å². The monoisotopic (exact) mass is 302 g/mol. The molecule has 1 saturated heterocycles. The van der Waals surface area contributed by atoms with Crippen molar-refractivity contribution in [3.05, 3.63) is 35.8 Å². The van der Waals surface area contributed by atoms with Gasteiger partial charge in [-0.05, 0) is 33.3 Å². The van der Waals surface area contributed by atoms with Crippen molar-refractivity contribution in [3.63, 3.8) is 0 Å². The van der Waals surface area contributed by atoms with Crippen LogP contribution in [0.3, 0.4) is 0 Å². The summed E-state index contributed by atoms with van der Waals surface area (Å²) < 4.78 is 11.9. The van der Waals surface area contributed by atoms with Crippen LogP contribution in [0.4, 0.5) is 0 Å². The third-order valence-corrected chi connectivity index (χ3v) is 6.56. The summed E-state index contributed by atoms with van der Waals surface area (Å²) in [6.45, 7) is 15.4. The summed E-state index contributed by atoms with van der Waals surface area (Å²) in [5, 5.41) is 1.48. The van der Waals surface area contributed by atoms with Gasteiger partial charge in [0.05, 0.1) is 19.3 Å². The topological polar surface area (TPSA) is 18.5 Å². The van der Waals surface area contributed by atoms with Crippen LogP contribution >= 0.6 is 0 Å². The molecule has 0 aliphatic carbocycles. The van der Waals surface area contributed by atoms with E-state index in [1.165, 1.54) is 10.8 Å². The minimum Gasteiger partial charge on any atom is -0.400 e. The van der Waals surface area contributed by atoms with E-state index >= 15 is 0 Å². The molecule has 21 heavy (non-hydrogen) atoms. The maximum atomic E-state index is 5.96. The van der Waals surface area contributed by atoms with Crippen LogP contribution in [0.5, 0.6) is 0 Å². The Labute approximate surface area is 130 Å². The van der Waals surface area contributed by atoms with Crippen LogP contribution in [-0.4, -0.2) is 26.4 Å². The molecule has 0 amide bonds. The van der Waals surface area contributed by atoms with E-state index in [9.17, 15) is 0 Å². The molecule has 0 bridgehead atoms. The van der Waals surface area contributed by atoms with Gasteiger partial charge >= 0.3 is 7.12 Å². The normalized spacial score (nSPS) is 21.2. The Hall–Kier alpha value is -0.838. The number of hydrogen-bond acceptors (Lipinski definition) is 2. The van der Waals surface area contributed by atoms with Gasteiger partial charge in [-0.1, -0.05) is 61.1 Å². The molecular weight excluding hydrogens is 275 g/mol. The zero-order chi connectivity index (χ0) is 15.9. The molecule has 4 heteroatoms. The van der Waals surface area contributed by atoms with Gasteiger partial charge in [0, 0.05) is 0 Å². The molecule has 1 fully saturated rings. The van der Waals surface area contributed by atoms with Gasteiger partial charge in [0.25, 0.3) is 0 Å². The summed E-state index contributed by atoms with van der Waals surface area (Å²) in [6, 6.07) is 8.84. The van der Waals surface area contributed by atoms with E-state index in [0.717, 1.165) is 0 Å². The first-order valence-electron chi connectivity index (χ1n) is 7.66. The first kappa shape index (κ1) is 16.5. The predicted octanol–water partition coefficient (Wildman–Crippen LogP) is 3.88. The molecule has 0 unspecified atom stereocenters. The molecular formula is C17H27BO2Si. The van der Waals surface area contributed by atoms with Gasteiger partial charge in [-0.3, -0.25) is 0 Å². The molecule has 114 valence electrons. The third kappa shape index (κ3) is 3.68. The average molecular weight is 302 g/mol. The van der Waals surface area contributed by atoms with Gasteiger partial charge in [0.2, 0.25) is 0 Å². The van der Waals surface area contributed by atoms with Crippen molar-refractivity contribution in [2.45, 2.75) is 58.5 Å². The van der Waals surface area contributed by atoms with Crippen LogP contribution in [0.1, 0.15) is 33.3 Å². The standard InChI is InChI=1S/C17H27BO2Si/c1-16(2)17(3,4)20-18(19-16)13-12-14-8-10-15(11-9-14)21(5,6)7/h8-13H,1-7H3/b13-12+. The Morgan fingerprint density at radius 3 is 1.81 bits per heavy atom. The number of rotatable bonds is 3. The van der Waals surface area contributed by atoms with E-state index in [1.807, 2.05) is 5.98 Å². The van der Waals surface area contributed by atoms with E-state index in [1.54, 1.807) is 0 Å². The SMILES string of the molecule is CC1(C)OB(/C=C/c2ccc([Si](C)(C)C)cc2)OC1(C)C. The Bertz CT molecular complexity index is 511. The van der Waals surface area contributed by atoms with Crippen LogP contribution in [0.25, 0.3) is 6.08 Å². The quantitative estimate of drug-likeness (QED) is 0.789. The van der Waals surface area contributed by atoms with Gasteiger partial charge in [0.15, 0.2) is 0 Å². The van der Waals surface area contributed by atoms with Crippen LogP contribution in [0, 0.1) is 0 Å². The second-order valence-corrected chi connectivity index (χ2v) is 12.9. The minimum absolute atomic E-state index is 0.272. The van der Waals surface area contributed by atoms with Crippen molar-refractivity contribution < 1.29 is 9.31 Å². The fraction of sp³-hybridized carbons (Fsp3) is 0.529. The molecule has 0 aromatic heterocycles. The van der Waals surface area contributed by atoms with Crippen LogP contribution in [0.2, 0.25) is 19.6 Å². The van der Waals surface area contributed by atoms with Crippen molar-refractivity contribution in [2.24, 2.45) is 0 Å². The van der Waals surface area contributed by atoms with Crippen LogP contribution < -0.4 is 5.19 Å². The second kappa shape index (κ2) is 5.42. The van der Waals surface area contributed by atoms with Gasteiger partial charge < -0.3 is 9.31 Å². The lowest BCUT2D eigenvalue weighted by Crippen LogP contribution is -2.41. The average Bonchev–Trinajstić information content (AvgIpc) is 2.55. The second-order valence-electron chi connectivity index (χ2n) is 7.86. The lowest BCUT2D eigenvalue weighted by molar-refractivity contribution is 0.00578. The molecule has 0 N–H and O–H groups in total. The van der Waals surface area contributed by atoms with Gasteiger partial charge in [0.1, 0.15) is 0 Å². The highest BCUT2D eigenvalue weighted by Crippen LogP contribution is 2.36. The van der Waals surface area contributed by atoms with Crippen molar-refractivity contribution >= 4 is 26.5 Å². The molecule has 0 saturated carbocycles. The molecule has 1 aliphatic rings. The Morgan fingerprint density at radius 2 is 1.38 bits per heavy atom. The zero-order valence-corrected chi connectivity index (χ0v) is 15.4. The fourth-order valence-electron chi connectivity index (χ4n) is 2.25. The molecule has 0 spiro atoms. The van der Waals surface area contributed by atoms with Crippen molar-refractivity contribution in [2.75, 3.05) is 0 Å². The Kier molecular flexibility index (Phi) is 4.26. The van der Waals surface area contributed by atoms with E-state index in [0.29, 0.717) is 0 Å². The first-order valence-corrected chi connectivity index (χ1v) is 11.2. The highest BCUT2D eigenvalue weighted by Gasteiger charge is 2.49. The minimum atomic E-state index is -1.22. The fourth-order valence-corrected chi connectivity index (χ4v) is 3.42. The highest BCUT2D eigenvalue weighted by atomic mass is 28.3. The first-order chi connectivity index (χ1) is 9.51. The zero-order valence-electron chi connectivity index (χ0n) is 14.4. The summed E-state index contributed by atoms with van der Waals surface area (Å²) in [5.74, 6) is 2.00. The molecule has 2 rings (SSSR count). The molecule has 1 aromatic rings. The van der Waals surface area contributed by atoms with Crippen molar-refractivity contribution in [3.8, 4) is 0 Å². The van der Waals surface area contributed by atoms with E-state index in [2.05, 4.69) is 77.7 Å². The summed E-state index contributed by atoms with van der Waals surface area (Å²) in [7, 11) is -1.49. The Morgan fingerprint density at radius 1 is 0.905 bits per heavy atom. The summed E-state index contributed by atoms with van der Waals surface area (Å²) in [4.78, 5) is 0. The van der Waals surface area contributed by atoms with E-state index in [-0.39, 0.29) is 18.3 Å². The Balaban J connectivity index is 2.06. The smallest absolute Gasteiger partial charge is 0.400 e. The maximum absolute atomic E-state index is 5.96. The van der Waals surface area contributed by atoms with Gasteiger partial charge in [-0.15, -0.1) is 0 Å². The highest BCUT2D eigenvalue weighted by molar-refractivity contribution is 6.88. The molecule has 1 heterocycles. The molecule has 1 aromatic carbocycles.